The molecule has 1 amide bonds. The molecule has 0 radical (unpaired) electrons. The highest BCUT2D eigenvalue weighted by Gasteiger charge is 2.47. The van der Waals surface area contributed by atoms with Crippen LogP contribution < -0.4 is 15.4 Å². The molecule has 126 valence electrons. The third kappa shape index (κ3) is 2.71. The summed E-state index contributed by atoms with van der Waals surface area (Å²) in [5, 5.41) is 0. The van der Waals surface area contributed by atoms with Gasteiger partial charge in [0, 0.05) is 5.69 Å². The van der Waals surface area contributed by atoms with Gasteiger partial charge in [-0.2, -0.15) is 13.2 Å². The van der Waals surface area contributed by atoms with E-state index in [2.05, 4.69) is 0 Å². The summed E-state index contributed by atoms with van der Waals surface area (Å²) in [5.41, 5.74) is 5.96. The van der Waals surface area contributed by atoms with Crippen molar-refractivity contribution in [2.45, 2.75) is 18.3 Å². The second-order valence-electron chi connectivity index (χ2n) is 5.50. The summed E-state index contributed by atoms with van der Waals surface area (Å²) < 4.78 is 43.9. The lowest BCUT2D eigenvalue weighted by atomic mass is 9.88. The highest BCUT2D eigenvalue weighted by Crippen LogP contribution is 2.40. The number of halogens is 3. The lowest BCUT2D eigenvalue weighted by Crippen LogP contribution is -2.63. The van der Waals surface area contributed by atoms with Crippen LogP contribution in [0.15, 0.2) is 48.5 Å². The van der Waals surface area contributed by atoms with Crippen molar-refractivity contribution in [3.63, 3.8) is 0 Å². The number of benzene rings is 2. The van der Waals surface area contributed by atoms with Crippen molar-refractivity contribution in [1.82, 2.24) is 0 Å². The lowest BCUT2D eigenvalue weighted by Gasteiger charge is -2.45. The first-order chi connectivity index (χ1) is 11.3. The van der Waals surface area contributed by atoms with Crippen molar-refractivity contribution >= 4 is 11.6 Å². The first-order valence-electron chi connectivity index (χ1n) is 7.23. The number of nitrogens with zero attached hydrogens (tertiary/aromatic N) is 1. The van der Waals surface area contributed by atoms with Gasteiger partial charge in [0.15, 0.2) is 0 Å². The van der Waals surface area contributed by atoms with E-state index in [0.29, 0.717) is 11.3 Å². The SMILES string of the molecule is COc1cccc([C@H]2[C@H](N)C(=O)N2c2cccc(C(F)(F)F)c2)c1. The van der Waals surface area contributed by atoms with Crippen molar-refractivity contribution in [3.05, 3.63) is 59.7 Å². The maximum Gasteiger partial charge on any atom is 0.416 e. The normalized spacial score (nSPS) is 20.7. The largest absolute Gasteiger partial charge is 0.497 e. The molecule has 1 aliphatic rings. The molecule has 2 aromatic carbocycles. The van der Waals surface area contributed by atoms with Crippen LogP contribution in [0.3, 0.4) is 0 Å². The van der Waals surface area contributed by atoms with E-state index in [-0.39, 0.29) is 5.69 Å². The average Bonchev–Trinajstić information content (AvgIpc) is 2.58. The molecule has 0 bridgehead atoms. The number of alkyl halides is 3. The summed E-state index contributed by atoms with van der Waals surface area (Å²) in [4.78, 5) is 13.4. The third-order valence-corrected chi connectivity index (χ3v) is 4.03. The number of hydrogen-bond donors (Lipinski definition) is 1. The van der Waals surface area contributed by atoms with Gasteiger partial charge in [0.05, 0.1) is 18.7 Å². The van der Waals surface area contributed by atoms with E-state index in [0.717, 1.165) is 12.1 Å². The quantitative estimate of drug-likeness (QED) is 0.876. The molecule has 1 aliphatic heterocycles. The lowest BCUT2D eigenvalue weighted by molar-refractivity contribution is -0.137. The van der Waals surface area contributed by atoms with E-state index in [1.165, 1.54) is 24.1 Å². The third-order valence-electron chi connectivity index (χ3n) is 4.03. The summed E-state index contributed by atoms with van der Waals surface area (Å²) in [6.07, 6.45) is -4.47. The van der Waals surface area contributed by atoms with Crippen molar-refractivity contribution < 1.29 is 22.7 Å². The number of anilines is 1. The molecule has 1 heterocycles. The van der Waals surface area contributed by atoms with E-state index < -0.39 is 29.7 Å². The van der Waals surface area contributed by atoms with E-state index >= 15 is 0 Å². The second-order valence-corrected chi connectivity index (χ2v) is 5.50. The zero-order valence-corrected chi connectivity index (χ0v) is 12.7. The maximum absolute atomic E-state index is 12.9. The molecule has 0 aromatic heterocycles. The number of methoxy groups -OCH3 is 1. The highest BCUT2D eigenvalue weighted by molar-refractivity contribution is 6.05. The Morgan fingerprint density at radius 3 is 2.50 bits per heavy atom. The first-order valence-corrected chi connectivity index (χ1v) is 7.23. The predicted molar refractivity (Wildman–Crippen MR) is 82.6 cm³/mol. The van der Waals surface area contributed by atoms with Crippen LogP contribution in [0.25, 0.3) is 0 Å². The predicted octanol–water partition coefficient (Wildman–Crippen LogP) is 3.13. The van der Waals surface area contributed by atoms with E-state index in [4.69, 9.17) is 10.5 Å². The molecule has 3 rings (SSSR count). The van der Waals surface area contributed by atoms with Gasteiger partial charge < -0.3 is 15.4 Å². The Labute approximate surface area is 136 Å². The van der Waals surface area contributed by atoms with Gasteiger partial charge in [-0.1, -0.05) is 18.2 Å². The number of β-lactam (4-membered cyclic amide) rings is 1. The number of rotatable bonds is 3. The summed E-state index contributed by atoms with van der Waals surface area (Å²) in [7, 11) is 1.51. The molecule has 4 nitrogen and oxygen atoms in total. The Morgan fingerprint density at radius 1 is 1.12 bits per heavy atom. The summed E-state index contributed by atoms with van der Waals surface area (Å²) in [6.45, 7) is 0. The minimum absolute atomic E-state index is 0.171. The maximum atomic E-state index is 12.9. The highest BCUT2D eigenvalue weighted by atomic mass is 19.4. The van der Waals surface area contributed by atoms with E-state index in [9.17, 15) is 18.0 Å². The monoisotopic (exact) mass is 336 g/mol. The molecule has 0 saturated carbocycles. The van der Waals surface area contributed by atoms with Crippen molar-refractivity contribution in [3.8, 4) is 5.75 Å². The molecule has 0 aliphatic carbocycles. The first kappa shape index (κ1) is 16.3. The fraction of sp³-hybridized carbons (Fsp3) is 0.235. The Morgan fingerprint density at radius 2 is 1.83 bits per heavy atom. The zero-order valence-electron chi connectivity index (χ0n) is 12.7. The summed E-state index contributed by atoms with van der Waals surface area (Å²) in [6, 6.07) is 10.3. The van der Waals surface area contributed by atoms with E-state index in [1.807, 2.05) is 0 Å². The summed E-state index contributed by atoms with van der Waals surface area (Å²) in [5.74, 6) is 0.171. The molecule has 7 heteroatoms. The molecule has 2 N–H and O–H groups in total. The molecule has 2 aromatic rings. The molecule has 1 saturated heterocycles. The summed E-state index contributed by atoms with van der Waals surface area (Å²) >= 11 is 0. The van der Waals surface area contributed by atoms with Gasteiger partial charge in [-0.25, -0.2) is 0 Å². The number of amides is 1. The Bertz CT molecular complexity index is 776. The van der Waals surface area contributed by atoms with Gasteiger partial charge in [-0.15, -0.1) is 0 Å². The second kappa shape index (κ2) is 5.83. The van der Waals surface area contributed by atoms with Gasteiger partial charge in [-0.05, 0) is 35.9 Å². The number of hydrogen-bond acceptors (Lipinski definition) is 3. The standard InChI is InChI=1S/C17H15F3N2O2/c1-24-13-7-2-4-10(8-13)15-14(21)16(23)22(15)12-6-3-5-11(9-12)17(18,19)20/h2-9,14-15H,21H2,1H3/t14-,15-/m0/s1. The van der Waals surface area contributed by atoms with Gasteiger partial charge in [0.25, 0.3) is 0 Å². The number of ether oxygens (including phenoxy) is 1. The zero-order chi connectivity index (χ0) is 17.5. The number of carbonyl (C=O) groups is 1. The van der Waals surface area contributed by atoms with Crippen LogP contribution in [-0.2, 0) is 11.0 Å². The number of carbonyl (C=O) groups excluding carboxylic acids is 1. The van der Waals surface area contributed by atoms with E-state index in [1.54, 1.807) is 24.3 Å². The van der Waals surface area contributed by atoms with Crippen LogP contribution >= 0.6 is 0 Å². The van der Waals surface area contributed by atoms with Crippen molar-refractivity contribution in [2.75, 3.05) is 12.0 Å². The van der Waals surface area contributed by atoms with Crippen LogP contribution in [0.2, 0.25) is 0 Å². The molecular weight excluding hydrogens is 321 g/mol. The number of nitrogens with two attached hydrogens (primary N) is 1. The van der Waals surface area contributed by atoms with Crippen LogP contribution in [-0.4, -0.2) is 19.1 Å². The fourth-order valence-electron chi connectivity index (χ4n) is 2.81. The minimum Gasteiger partial charge on any atom is -0.497 e. The van der Waals surface area contributed by atoms with Crippen molar-refractivity contribution in [2.24, 2.45) is 5.73 Å². The Balaban J connectivity index is 1.98. The van der Waals surface area contributed by atoms with Crippen LogP contribution in [0.5, 0.6) is 5.75 Å². The van der Waals surface area contributed by atoms with Crippen LogP contribution in [0.4, 0.5) is 18.9 Å². The van der Waals surface area contributed by atoms with Gasteiger partial charge >= 0.3 is 6.18 Å². The Hall–Kier alpha value is -2.54. The van der Waals surface area contributed by atoms with Crippen LogP contribution in [0, 0.1) is 0 Å². The van der Waals surface area contributed by atoms with Gasteiger partial charge in [0.2, 0.25) is 5.91 Å². The molecule has 1 fully saturated rings. The molecular formula is C17H15F3N2O2. The fourth-order valence-corrected chi connectivity index (χ4v) is 2.81. The van der Waals surface area contributed by atoms with Crippen LogP contribution in [0.1, 0.15) is 17.2 Å². The molecule has 0 unspecified atom stereocenters. The molecule has 0 spiro atoms. The van der Waals surface area contributed by atoms with Gasteiger partial charge in [-0.3, -0.25) is 4.79 Å². The van der Waals surface area contributed by atoms with Gasteiger partial charge in [0.1, 0.15) is 11.8 Å². The average molecular weight is 336 g/mol. The Kier molecular flexibility index (Phi) is 3.96. The minimum atomic E-state index is -4.47. The molecule has 2 atom stereocenters. The smallest absolute Gasteiger partial charge is 0.416 e. The van der Waals surface area contributed by atoms with Crippen molar-refractivity contribution in [1.29, 1.82) is 0 Å². The molecule has 24 heavy (non-hydrogen) atoms. The topological polar surface area (TPSA) is 55.6 Å².